The molecule has 0 atom stereocenters. The Morgan fingerprint density at radius 1 is 1.14 bits per heavy atom. The summed E-state index contributed by atoms with van der Waals surface area (Å²) in [5.41, 5.74) is 3.85. The topological polar surface area (TPSA) is 98.4 Å². The molecule has 6 rings (SSSR count). The van der Waals surface area contributed by atoms with E-state index < -0.39 is 0 Å². The number of imidazole rings is 1. The first-order valence-corrected chi connectivity index (χ1v) is 12.9. The van der Waals surface area contributed by atoms with Crippen molar-refractivity contribution in [3.8, 4) is 23.0 Å². The predicted molar refractivity (Wildman–Crippen MR) is 140 cm³/mol. The van der Waals surface area contributed by atoms with E-state index >= 15 is 0 Å². The van der Waals surface area contributed by atoms with Gasteiger partial charge < -0.3 is 19.1 Å². The van der Waals surface area contributed by atoms with Crippen molar-refractivity contribution in [3.05, 3.63) is 59.1 Å². The van der Waals surface area contributed by atoms with Gasteiger partial charge >= 0.3 is 0 Å². The number of pyridine rings is 1. The number of fused-ring (bicyclic) bond motifs is 1. The van der Waals surface area contributed by atoms with Crippen LogP contribution in [0.2, 0.25) is 5.02 Å². The molecule has 3 aromatic heterocycles. The highest BCUT2D eigenvalue weighted by atomic mass is 35.5. The molecule has 9 nitrogen and oxygen atoms in total. The maximum absolute atomic E-state index is 9.44. The normalized spacial score (nSPS) is 17.1. The van der Waals surface area contributed by atoms with Crippen molar-refractivity contribution in [1.82, 2.24) is 29.4 Å². The Hall–Kier alpha value is -3.27. The molecule has 1 aliphatic heterocycles. The van der Waals surface area contributed by atoms with Crippen LogP contribution in [0.15, 0.2) is 42.9 Å². The number of aromatic nitrogens is 5. The Balaban J connectivity index is 1.34. The molecule has 1 saturated carbocycles. The minimum absolute atomic E-state index is 0.200. The summed E-state index contributed by atoms with van der Waals surface area (Å²) < 4.78 is 14.1. The second-order valence-corrected chi connectivity index (χ2v) is 10.6. The van der Waals surface area contributed by atoms with Gasteiger partial charge in [0.25, 0.3) is 0 Å². The smallest absolute Gasteiger partial charge is 0.245 e. The van der Waals surface area contributed by atoms with E-state index in [1.165, 1.54) is 6.33 Å². The van der Waals surface area contributed by atoms with Gasteiger partial charge in [-0.1, -0.05) is 11.6 Å². The number of rotatable bonds is 9. The number of ether oxygens (including phenoxy) is 2. The largest absolute Gasteiger partial charge is 0.492 e. The molecule has 2 fully saturated rings. The first kappa shape index (κ1) is 24.1. The third-order valence-electron chi connectivity index (χ3n) is 6.88. The molecule has 1 aliphatic carbocycles. The van der Waals surface area contributed by atoms with Gasteiger partial charge in [0.05, 0.1) is 23.4 Å². The van der Waals surface area contributed by atoms with Gasteiger partial charge in [-0.2, -0.15) is 4.98 Å². The lowest BCUT2D eigenvalue weighted by molar-refractivity contribution is -0.00387. The van der Waals surface area contributed by atoms with Crippen molar-refractivity contribution in [2.75, 3.05) is 26.2 Å². The molecule has 2 aliphatic rings. The number of aliphatic hydroxyl groups is 1. The van der Waals surface area contributed by atoms with Gasteiger partial charge in [0.15, 0.2) is 11.2 Å². The molecule has 0 bridgehead atoms. The van der Waals surface area contributed by atoms with Crippen molar-refractivity contribution in [1.29, 1.82) is 0 Å². The van der Waals surface area contributed by atoms with E-state index in [9.17, 15) is 5.11 Å². The Bertz CT molecular complexity index is 1450. The van der Waals surface area contributed by atoms with Gasteiger partial charge in [-0.25, -0.2) is 9.97 Å². The van der Waals surface area contributed by atoms with E-state index in [2.05, 4.69) is 32.8 Å². The standard InChI is InChI=1S/C27H29ClN6O3/c1-17-5-8-29-18(11-17)13-34-24(32-23-25(34)30-16-31-26(23)37-27(2)6-7-27)21-4-3-20(12-22(21)28)36-10-9-33-14-19(35)15-33/h3-5,8,11-12,16,19,35H,6-7,9-10,13-15H2,1-2H3. The van der Waals surface area contributed by atoms with Crippen LogP contribution in [0.25, 0.3) is 22.6 Å². The molecule has 4 heterocycles. The molecule has 1 aromatic carbocycles. The van der Waals surface area contributed by atoms with Crippen LogP contribution in [0.3, 0.4) is 0 Å². The van der Waals surface area contributed by atoms with Crippen molar-refractivity contribution in [3.63, 3.8) is 0 Å². The average molecular weight is 521 g/mol. The SMILES string of the molecule is Cc1ccnc(Cn2c(-c3ccc(OCCN4CC(O)C4)cc3Cl)nc3c(OC4(C)CC4)ncnc32)c1. The summed E-state index contributed by atoms with van der Waals surface area (Å²) in [6, 6.07) is 9.65. The molecule has 37 heavy (non-hydrogen) atoms. The number of hydrogen-bond donors (Lipinski definition) is 1. The summed E-state index contributed by atoms with van der Waals surface area (Å²) in [4.78, 5) is 20.6. The fourth-order valence-corrected chi connectivity index (χ4v) is 4.74. The van der Waals surface area contributed by atoms with Crippen molar-refractivity contribution >= 4 is 22.8 Å². The fraction of sp³-hybridized carbons (Fsp3) is 0.407. The highest BCUT2D eigenvalue weighted by Crippen LogP contribution is 2.41. The quantitative estimate of drug-likeness (QED) is 0.355. The number of aliphatic hydroxyl groups excluding tert-OH is 1. The molecule has 4 aromatic rings. The van der Waals surface area contributed by atoms with Crippen LogP contribution >= 0.6 is 11.6 Å². The van der Waals surface area contributed by atoms with Crippen molar-refractivity contribution in [2.24, 2.45) is 0 Å². The van der Waals surface area contributed by atoms with E-state index in [0.717, 1.165) is 36.2 Å². The van der Waals surface area contributed by atoms with Crippen LogP contribution in [-0.4, -0.2) is 72.5 Å². The highest BCUT2D eigenvalue weighted by molar-refractivity contribution is 6.33. The lowest BCUT2D eigenvalue weighted by atomic mass is 10.2. The Morgan fingerprint density at radius 3 is 2.70 bits per heavy atom. The zero-order chi connectivity index (χ0) is 25.6. The summed E-state index contributed by atoms with van der Waals surface area (Å²) in [7, 11) is 0. The molecule has 0 unspecified atom stereocenters. The molecule has 10 heteroatoms. The van der Waals surface area contributed by atoms with Crippen LogP contribution in [0.5, 0.6) is 11.6 Å². The average Bonchev–Trinajstić information content (AvgIpc) is 3.46. The fourth-order valence-electron chi connectivity index (χ4n) is 4.49. The maximum atomic E-state index is 9.44. The Kier molecular flexibility index (Phi) is 6.22. The number of β-amino-alcohol motifs (C(OH)–C–C–N with tert-alkyl or cyclic N) is 1. The van der Waals surface area contributed by atoms with Gasteiger partial charge in [0.2, 0.25) is 5.88 Å². The third-order valence-corrected chi connectivity index (χ3v) is 7.20. The van der Waals surface area contributed by atoms with Crippen LogP contribution in [0.1, 0.15) is 31.0 Å². The second kappa shape index (κ2) is 9.55. The van der Waals surface area contributed by atoms with Crippen LogP contribution in [-0.2, 0) is 6.54 Å². The molecule has 0 spiro atoms. The number of nitrogens with zero attached hydrogens (tertiary/aromatic N) is 6. The molecule has 1 saturated heterocycles. The van der Waals surface area contributed by atoms with E-state index in [1.54, 1.807) is 6.20 Å². The number of aryl methyl sites for hydroxylation is 1. The van der Waals surface area contributed by atoms with Gasteiger partial charge in [-0.15, -0.1) is 0 Å². The highest BCUT2D eigenvalue weighted by Gasteiger charge is 2.41. The van der Waals surface area contributed by atoms with E-state index in [0.29, 0.717) is 59.9 Å². The van der Waals surface area contributed by atoms with E-state index in [-0.39, 0.29) is 11.7 Å². The van der Waals surface area contributed by atoms with Crippen LogP contribution in [0, 0.1) is 6.92 Å². The van der Waals surface area contributed by atoms with Crippen molar-refractivity contribution < 1.29 is 14.6 Å². The van der Waals surface area contributed by atoms with Gasteiger partial charge in [0, 0.05) is 31.4 Å². The lowest BCUT2D eigenvalue weighted by Crippen LogP contribution is -2.51. The lowest BCUT2D eigenvalue weighted by Gasteiger charge is -2.35. The summed E-state index contributed by atoms with van der Waals surface area (Å²) in [6.07, 6.45) is 5.09. The van der Waals surface area contributed by atoms with Gasteiger partial charge in [-0.05, 0) is 62.6 Å². The summed E-state index contributed by atoms with van der Waals surface area (Å²) in [5.74, 6) is 1.83. The third kappa shape index (κ3) is 5.12. The number of benzene rings is 1. The molecular formula is C27H29ClN6O3. The monoisotopic (exact) mass is 520 g/mol. The van der Waals surface area contributed by atoms with Crippen LogP contribution in [0.4, 0.5) is 0 Å². The molecule has 0 amide bonds. The minimum Gasteiger partial charge on any atom is -0.492 e. The first-order valence-electron chi connectivity index (χ1n) is 12.5. The molecule has 0 radical (unpaired) electrons. The number of hydrogen-bond acceptors (Lipinski definition) is 8. The maximum Gasteiger partial charge on any atom is 0.245 e. The summed E-state index contributed by atoms with van der Waals surface area (Å²) >= 11 is 6.79. The minimum atomic E-state index is -0.217. The zero-order valence-corrected chi connectivity index (χ0v) is 21.6. The van der Waals surface area contributed by atoms with Gasteiger partial charge in [0.1, 0.15) is 30.1 Å². The Labute approximate surface area is 220 Å². The summed E-state index contributed by atoms with van der Waals surface area (Å²) in [5, 5.41) is 9.96. The number of likely N-dealkylation sites (tertiary alicyclic amines) is 1. The first-order chi connectivity index (χ1) is 17.9. The zero-order valence-electron chi connectivity index (χ0n) is 20.9. The van der Waals surface area contributed by atoms with Crippen molar-refractivity contribution in [2.45, 2.75) is 44.9 Å². The molecule has 192 valence electrons. The predicted octanol–water partition coefficient (Wildman–Crippen LogP) is 3.89. The summed E-state index contributed by atoms with van der Waals surface area (Å²) in [6.45, 7) is 7.27. The van der Waals surface area contributed by atoms with E-state index in [4.69, 9.17) is 26.1 Å². The molecular weight excluding hydrogens is 492 g/mol. The second-order valence-electron chi connectivity index (χ2n) is 10.2. The number of halogens is 1. The Morgan fingerprint density at radius 2 is 1.97 bits per heavy atom. The van der Waals surface area contributed by atoms with Gasteiger partial charge in [-0.3, -0.25) is 9.88 Å². The van der Waals surface area contributed by atoms with E-state index in [1.807, 2.05) is 35.8 Å². The van der Waals surface area contributed by atoms with Crippen LogP contribution < -0.4 is 9.47 Å². The molecule has 1 N–H and O–H groups in total.